The number of halogens is 1. The number of aliphatic imine (C=N–C) groups is 1. The zero-order chi connectivity index (χ0) is 20.0. The standard InChI is InChI=1S/C23H20FN3O2/c1-2-29-23(28)22-20-12-25-21(16-5-3-4-6-18(16)24)17-11-15(14-7-8-14)9-10-19(17)27(20)13-26-22/h3-6,9-11,13-14H,2,7-8,12H2,1H3. The van der Waals surface area contributed by atoms with Gasteiger partial charge in [-0.1, -0.05) is 18.2 Å². The lowest BCUT2D eigenvalue weighted by Crippen LogP contribution is -2.10. The van der Waals surface area contributed by atoms with Gasteiger partial charge in [-0.15, -0.1) is 0 Å². The van der Waals surface area contributed by atoms with E-state index in [0.717, 1.165) is 11.3 Å². The van der Waals surface area contributed by atoms with Crippen LogP contribution >= 0.6 is 0 Å². The van der Waals surface area contributed by atoms with Crippen molar-refractivity contribution in [1.29, 1.82) is 0 Å². The van der Waals surface area contributed by atoms with Crippen LogP contribution in [0.15, 0.2) is 53.8 Å². The van der Waals surface area contributed by atoms with Crippen LogP contribution in [-0.4, -0.2) is 27.8 Å². The number of carbonyl (C=O) groups is 1. The molecule has 0 spiro atoms. The van der Waals surface area contributed by atoms with Gasteiger partial charge in [0, 0.05) is 11.1 Å². The summed E-state index contributed by atoms with van der Waals surface area (Å²) in [6.07, 6.45) is 3.97. The molecule has 2 aliphatic rings. The number of aromatic nitrogens is 2. The molecule has 0 radical (unpaired) electrons. The van der Waals surface area contributed by atoms with Gasteiger partial charge in [0.05, 0.1) is 30.2 Å². The average Bonchev–Trinajstić information content (AvgIpc) is 3.51. The molecule has 146 valence electrons. The van der Waals surface area contributed by atoms with Crippen molar-refractivity contribution >= 4 is 11.7 Å². The topological polar surface area (TPSA) is 56.5 Å². The maximum absolute atomic E-state index is 14.7. The van der Waals surface area contributed by atoms with Gasteiger partial charge < -0.3 is 4.74 Å². The van der Waals surface area contributed by atoms with Crippen LogP contribution < -0.4 is 0 Å². The second kappa shape index (κ2) is 6.95. The Balaban J connectivity index is 1.71. The van der Waals surface area contributed by atoms with Crippen molar-refractivity contribution < 1.29 is 13.9 Å². The van der Waals surface area contributed by atoms with Crippen molar-refractivity contribution in [2.45, 2.75) is 32.2 Å². The fourth-order valence-electron chi connectivity index (χ4n) is 3.85. The van der Waals surface area contributed by atoms with E-state index in [9.17, 15) is 9.18 Å². The van der Waals surface area contributed by atoms with Gasteiger partial charge in [0.15, 0.2) is 5.69 Å². The number of rotatable bonds is 4. The van der Waals surface area contributed by atoms with Crippen molar-refractivity contribution in [3.05, 3.63) is 82.7 Å². The molecule has 5 rings (SSSR count). The fraction of sp³-hybridized carbons (Fsp3) is 0.261. The number of carbonyl (C=O) groups excluding carboxylic acids is 1. The molecular formula is C23H20FN3O2. The molecular weight excluding hydrogens is 369 g/mol. The number of hydrogen-bond donors (Lipinski definition) is 0. The maximum Gasteiger partial charge on any atom is 0.358 e. The Morgan fingerprint density at radius 1 is 1.21 bits per heavy atom. The van der Waals surface area contributed by atoms with Crippen LogP contribution in [0.25, 0.3) is 5.69 Å². The van der Waals surface area contributed by atoms with E-state index in [0.29, 0.717) is 22.9 Å². The summed E-state index contributed by atoms with van der Waals surface area (Å²) in [6, 6.07) is 12.9. The monoisotopic (exact) mass is 389 g/mol. The van der Waals surface area contributed by atoms with Gasteiger partial charge in [0.25, 0.3) is 0 Å². The number of hydrogen-bond acceptors (Lipinski definition) is 4. The van der Waals surface area contributed by atoms with Crippen molar-refractivity contribution in [3.63, 3.8) is 0 Å². The van der Waals surface area contributed by atoms with Crippen LogP contribution in [0.5, 0.6) is 0 Å². The molecule has 1 aliphatic heterocycles. The SMILES string of the molecule is CCOC(=O)c1ncn2c1CN=C(c1ccccc1F)c1cc(C3CC3)ccc1-2. The van der Waals surface area contributed by atoms with E-state index < -0.39 is 5.97 Å². The number of fused-ring (bicyclic) bond motifs is 3. The molecule has 0 amide bonds. The van der Waals surface area contributed by atoms with E-state index in [1.807, 2.05) is 16.7 Å². The minimum atomic E-state index is -0.470. The minimum Gasteiger partial charge on any atom is -0.461 e. The summed E-state index contributed by atoms with van der Waals surface area (Å²) in [7, 11) is 0. The molecule has 3 aromatic rings. The molecule has 2 heterocycles. The van der Waals surface area contributed by atoms with Crippen molar-refractivity contribution in [2.75, 3.05) is 6.61 Å². The van der Waals surface area contributed by atoms with E-state index in [4.69, 9.17) is 9.73 Å². The molecule has 0 bridgehead atoms. The minimum absolute atomic E-state index is 0.214. The van der Waals surface area contributed by atoms with Crippen LogP contribution in [-0.2, 0) is 11.3 Å². The summed E-state index contributed by atoms with van der Waals surface area (Å²) >= 11 is 0. The first kappa shape index (κ1) is 17.8. The Kier molecular flexibility index (Phi) is 4.27. The van der Waals surface area contributed by atoms with E-state index in [-0.39, 0.29) is 24.7 Å². The lowest BCUT2D eigenvalue weighted by Gasteiger charge is -2.14. The van der Waals surface area contributed by atoms with E-state index in [1.54, 1.807) is 25.4 Å². The highest BCUT2D eigenvalue weighted by Gasteiger charge is 2.29. The molecule has 1 aliphatic carbocycles. The Morgan fingerprint density at radius 3 is 2.79 bits per heavy atom. The Bertz CT molecular complexity index is 1140. The number of nitrogens with zero attached hydrogens (tertiary/aromatic N) is 3. The van der Waals surface area contributed by atoms with Gasteiger partial charge >= 0.3 is 5.97 Å². The molecule has 0 saturated heterocycles. The number of esters is 1. The third-order valence-electron chi connectivity index (χ3n) is 5.44. The largest absolute Gasteiger partial charge is 0.461 e. The van der Waals surface area contributed by atoms with Crippen molar-refractivity contribution in [3.8, 4) is 5.69 Å². The second-order valence-corrected chi connectivity index (χ2v) is 7.33. The van der Waals surface area contributed by atoms with Gasteiger partial charge in [-0.25, -0.2) is 14.2 Å². The van der Waals surface area contributed by atoms with Gasteiger partial charge in [-0.2, -0.15) is 0 Å². The summed E-state index contributed by atoms with van der Waals surface area (Å²) in [4.78, 5) is 21.4. The molecule has 1 saturated carbocycles. The summed E-state index contributed by atoms with van der Waals surface area (Å²) in [5.74, 6) is -0.228. The number of ether oxygens (including phenoxy) is 1. The van der Waals surface area contributed by atoms with Crippen LogP contribution in [0.2, 0.25) is 0 Å². The molecule has 0 N–H and O–H groups in total. The third-order valence-corrected chi connectivity index (χ3v) is 5.44. The molecule has 1 fully saturated rings. The molecule has 1 aromatic heterocycles. The molecule has 0 unspecified atom stereocenters. The van der Waals surface area contributed by atoms with E-state index in [2.05, 4.69) is 17.1 Å². The van der Waals surface area contributed by atoms with Crippen LogP contribution in [0.3, 0.4) is 0 Å². The highest BCUT2D eigenvalue weighted by atomic mass is 19.1. The Morgan fingerprint density at radius 2 is 2.03 bits per heavy atom. The highest BCUT2D eigenvalue weighted by Crippen LogP contribution is 2.41. The first-order valence-electron chi connectivity index (χ1n) is 9.84. The predicted molar refractivity (Wildman–Crippen MR) is 107 cm³/mol. The quantitative estimate of drug-likeness (QED) is 0.621. The normalized spacial score (nSPS) is 15.2. The van der Waals surface area contributed by atoms with E-state index in [1.165, 1.54) is 24.5 Å². The molecule has 0 atom stereocenters. The first-order valence-corrected chi connectivity index (χ1v) is 9.84. The van der Waals surface area contributed by atoms with Crippen LogP contribution in [0.4, 0.5) is 4.39 Å². The smallest absolute Gasteiger partial charge is 0.358 e. The molecule has 5 nitrogen and oxygen atoms in total. The van der Waals surface area contributed by atoms with Crippen LogP contribution in [0.1, 0.15) is 58.6 Å². The lowest BCUT2D eigenvalue weighted by atomic mass is 9.96. The molecule has 2 aromatic carbocycles. The fourth-order valence-corrected chi connectivity index (χ4v) is 3.85. The Labute approximate surface area is 167 Å². The summed E-state index contributed by atoms with van der Waals surface area (Å²) in [5, 5.41) is 0. The first-order chi connectivity index (χ1) is 14.2. The molecule has 6 heteroatoms. The molecule has 29 heavy (non-hydrogen) atoms. The summed E-state index contributed by atoms with van der Waals surface area (Å²) in [5.41, 5.74) is 4.88. The highest BCUT2D eigenvalue weighted by molar-refractivity contribution is 6.15. The zero-order valence-electron chi connectivity index (χ0n) is 16.1. The second-order valence-electron chi connectivity index (χ2n) is 7.33. The van der Waals surface area contributed by atoms with E-state index >= 15 is 0 Å². The maximum atomic E-state index is 14.7. The van der Waals surface area contributed by atoms with Crippen molar-refractivity contribution in [2.24, 2.45) is 4.99 Å². The van der Waals surface area contributed by atoms with Crippen LogP contribution in [0, 0.1) is 5.82 Å². The summed E-state index contributed by atoms with van der Waals surface area (Å²) in [6.45, 7) is 2.25. The Hall–Kier alpha value is -3.28. The van der Waals surface area contributed by atoms with Gasteiger partial charge in [0.1, 0.15) is 12.1 Å². The average molecular weight is 389 g/mol. The van der Waals surface area contributed by atoms with Crippen molar-refractivity contribution in [1.82, 2.24) is 9.55 Å². The van der Waals surface area contributed by atoms with Gasteiger partial charge in [-0.05, 0) is 55.5 Å². The van der Waals surface area contributed by atoms with Gasteiger partial charge in [0.2, 0.25) is 0 Å². The number of imidazole rings is 1. The lowest BCUT2D eigenvalue weighted by molar-refractivity contribution is 0.0518. The van der Waals surface area contributed by atoms with Gasteiger partial charge in [-0.3, -0.25) is 9.56 Å². The third kappa shape index (κ3) is 3.05. The zero-order valence-corrected chi connectivity index (χ0v) is 16.1. The predicted octanol–water partition coefficient (Wildman–Crippen LogP) is 4.42. The number of benzene rings is 2. The summed E-state index contributed by atoms with van der Waals surface area (Å²) < 4.78 is 21.7.